The van der Waals surface area contributed by atoms with Crippen molar-refractivity contribution in [2.45, 2.75) is 178 Å². The van der Waals surface area contributed by atoms with E-state index in [0.717, 1.165) is 60.1 Å². The first-order chi connectivity index (χ1) is 52.4. The summed E-state index contributed by atoms with van der Waals surface area (Å²) in [7, 11) is 7.88. The molecule has 1 aromatic heterocycles. The van der Waals surface area contributed by atoms with Gasteiger partial charge in [0.05, 0.1) is 38.7 Å². The van der Waals surface area contributed by atoms with Crippen molar-refractivity contribution in [3.63, 3.8) is 0 Å². The average Bonchev–Trinajstić information content (AvgIpc) is 1.46. The van der Waals surface area contributed by atoms with Gasteiger partial charge in [-0.3, -0.25) is 54.2 Å². The Morgan fingerprint density at radius 1 is 0.855 bits per heavy atom. The number of H-pyrrole nitrogens is 1. The Balaban J connectivity index is 0.000000194. The highest BCUT2D eigenvalue weighted by atomic mass is 35.5. The molecule has 4 aromatic rings. The third-order valence-electron chi connectivity index (χ3n) is 26.6. The van der Waals surface area contributed by atoms with Gasteiger partial charge in [-0.25, -0.2) is 4.79 Å². The lowest BCUT2D eigenvalue weighted by molar-refractivity contribution is -0.228. The van der Waals surface area contributed by atoms with E-state index in [9.17, 15) is 54.0 Å². The summed E-state index contributed by atoms with van der Waals surface area (Å²) in [4.78, 5) is 117. The van der Waals surface area contributed by atoms with Gasteiger partial charge in [0.1, 0.15) is 29.2 Å². The molecule has 1 spiro atoms. The average molecular weight is 1560 g/mol. The second kappa shape index (κ2) is 33.1. The molecule has 16 atom stereocenters. The molecule has 5 aliphatic carbocycles. The van der Waals surface area contributed by atoms with Crippen molar-refractivity contribution in [1.29, 1.82) is 0 Å². The maximum atomic E-state index is 15.2. The number of nitrogens with zero attached hydrogens (tertiary/aromatic N) is 4. The van der Waals surface area contributed by atoms with Crippen molar-refractivity contribution in [2.24, 2.45) is 39.9 Å². The standard InChI is InChI=1S/C46H56N4O10.C21H26O5.C12H19N3O.C5H11Cl2N/c1-7-42(55)22-28-23-45(40(53)58-5,36-30(16-20-48(24-28)25-42)29-12-9-10-13-33(29)47-36)32-15-14-31-34(35(32)57-4)50(26-51)38-44(31)18-21-49-19-11-17-43(8-2,37(44)49)39(60-27(3)52)46(38,56)41(54)59-6;1-19-7-5-13(23)9-12(19)3-4-14-15-6-8-21(26,17(25)11-22)20(15,2)10-16(24)18(14)19;1-9(2)15-12(16)11-6-4-10(5-7-11)8-14-13-3;1-8(4-2-6)5-3-7/h9-15,17,26,28,37-39,47,55-56H,7-8,16,18-25H2,1-6H3;5,7,9,14-15,18,22,26H,3-4,6,8,10-11H2,1-2H3;4-7,9,13-14H,8H2,1-3H3,(H,15,16);2-5H2,1H3/t28-,37-,38+,39+,42-,43+,44+,45-,46-;14-,15-,18+,19-,20-,21-;;/m00../s1. The van der Waals surface area contributed by atoms with E-state index in [1.165, 1.54) is 33.2 Å². The summed E-state index contributed by atoms with van der Waals surface area (Å²) in [5.74, 6) is -1.44. The van der Waals surface area contributed by atoms with Crippen LogP contribution >= 0.6 is 23.2 Å². The first-order valence-electron chi connectivity index (χ1n) is 38.8. The zero-order valence-electron chi connectivity index (χ0n) is 65.6. The molecule has 6 heterocycles. The molecule has 1 unspecified atom stereocenters. The summed E-state index contributed by atoms with van der Waals surface area (Å²) >= 11 is 10.9. The van der Waals surface area contributed by atoms with Crippen LogP contribution in [0.5, 0.6) is 5.75 Å². The number of para-hydroxylation sites is 1. The number of anilines is 1. The van der Waals surface area contributed by atoms with Gasteiger partial charge in [0.15, 0.2) is 17.7 Å². The van der Waals surface area contributed by atoms with Gasteiger partial charge in [0, 0.05) is 138 Å². The molecule has 10 aliphatic rings. The Bertz CT molecular complexity index is 4240. The number of fused-ring (bicyclic) bond motifs is 11. The number of hydrogen-bond donors (Lipinski definition) is 8. The van der Waals surface area contributed by atoms with Gasteiger partial charge in [-0.2, -0.15) is 0 Å². The van der Waals surface area contributed by atoms with Crippen LogP contribution in [0.4, 0.5) is 5.69 Å². The number of halogens is 2. The molecular weight excluding hydrogens is 1450 g/mol. The Kier molecular flexibility index (Phi) is 25.2. The van der Waals surface area contributed by atoms with Gasteiger partial charge >= 0.3 is 17.9 Å². The van der Waals surface area contributed by atoms with Gasteiger partial charge in [-0.05, 0) is 163 Å². The van der Waals surface area contributed by atoms with Crippen LogP contribution in [0.15, 0.2) is 96.6 Å². The third-order valence-corrected chi connectivity index (χ3v) is 26.9. The van der Waals surface area contributed by atoms with E-state index in [1.807, 2.05) is 135 Å². The highest BCUT2D eigenvalue weighted by Gasteiger charge is 2.81. The van der Waals surface area contributed by atoms with Gasteiger partial charge in [-0.1, -0.05) is 94.0 Å². The van der Waals surface area contributed by atoms with Crippen LogP contribution < -0.4 is 25.8 Å². The smallest absolute Gasteiger partial charge is 0.344 e. The summed E-state index contributed by atoms with van der Waals surface area (Å²) in [6.07, 6.45) is 13.6. The normalized spacial score (nSPS) is 33.3. The van der Waals surface area contributed by atoms with Crippen molar-refractivity contribution < 1.29 is 77.7 Å². The van der Waals surface area contributed by atoms with Crippen molar-refractivity contribution in [2.75, 3.05) is 105 Å². The van der Waals surface area contributed by atoms with Crippen LogP contribution in [0.25, 0.3) is 10.9 Å². The third kappa shape index (κ3) is 14.1. The van der Waals surface area contributed by atoms with Crippen LogP contribution in [0.1, 0.15) is 151 Å². The van der Waals surface area contributed by atoms with Crippen LogP contribution in [0.3, 0.4) is 0 Å². The molecule has 24 nitrogen and oxygen atoms in total. The van der Waals surface area contributed by atoms with Crippen LogP contribution in [-0.4, -0.2) is 228 Å². The van der Waals surface area contributed by atoms with Gasteiger partial charge in [0.25, 0.3) is 5.91 Å². The minimum Gasteiger partial charge on any atom is -0.494 e. The van der Waals surface area contributed by atoms with E-state index >= 15 is 4.79 Å². The van der Waals surface area contributed by atoms with E-state index < -0.39 is 92.4 Å². The zero-order valence-corrected chi connectivity index (χ0v) is 67.2. The Hall–Kier alpha value is -7.20. The minimum atomic E-state index is -2.55. The number of rotatable bonds is 19. The number of aliphatic hydroxyl groups excluding tert-OH is 1. The number of aliphatic hydroxyl groups is 4. The van der Waals surface area contributed by atoms with E-state index in [1.54, 1.807) is 12.2 Å². The summed E-state index contributed by atoms with van der Waals surface area (Å²) in [5, 5.41) is 49.5. The number of amides is 2. The summed E-state index contributed by atoms with van der Waals surface area (Å²) in [6, 6.07) is 17.8. The number of aromatic amines is 1. The predicted molar refractivity (Wildman–Crippen MR) is 418 cm³/mol. The second-order valence-electron chi connectivity index (χ2n) is 32.7. The zero-order chi connectivity index (χ0) is 79.8. The molecule has 0 radical (unpaired) electrons. The molecule has 2 saturated heterocycles. The first kappa shape index (κ1) is 83.7. The largest absolute Gasteiger partial charge is 0.494 e. The van der Waals surface area contributed by atoms with Gasteiger partial charge in [-0.15, -0.1) is 23.2 Å². The number of nitrogens with one attached hydrogen (secondary N) is 4. The van der Waals surface area contributed by atoms with Crippen LogP contribution in [-0.2, 0) is 71.6 Å². The number of alkyl halides is 2. The number of Topliss-reactive ketones (excluding diaryl/α,β-unsaturated/α-hetero) is 2. The van der Waals surface area contributed by atoms with E-state index in [-0.39, 0.29) is 65.8 Å². The second-order valence-corrected chi connectivity index (χ2v) is 33.5. The van der Waals surface area contributed by atoms with E-state index in [4.69, 9.17) is 42.1 Å². The number of carbonyl (C=O) groups is 8. The van der Waals surface area contributed by atoms with Crippen molar-refractivity contribution in [1.82, 2.24) is 35.9 Å². The lowest BCUT2D eigenvalue weighted by Gasteiger charge is -2.63. The molecule has 110 heavy (non-hydrogen) atoms. The SMILES string of the molecule is CC[C@]1(O)C[C@@H]2CN(CCc3c([nH]c4ccccc34)[C@@](C(=O)OC)(c3ccc4c(c3OC)N(C=O)[C@H]3[C@@](O)(C(=O)OC)[C@H](OC(C)=O)[C@]5(CC)C=CCN6CC[C@]43[C@@H]65)C2)C1.CN(CCCl)CCCl.CNNCc1ccc(C(=O)NC(C)C)cc1.C[C@]12C=CC(=O)C=C1CC[C@@H]1[C@@H]2C(=O)C[C@@]2(C)[C@H]1CC[C@]2(O)C(=O)CO. The number of piperidine rings is 1. The molecule has 598 valence electrons. The van der Waals surface area contributed by atoms with Crippen molar-refractivity contribution in [3.8, 4) is 5.75 Å². The molecular formula is C84H112Cl2N8O16. The number of esters is 3. The number of allylic oxidation sites excluding steroid dienone is 4. The Morgan fingerprint density at radius 2 is 1.55 bits per heavy atom. The predicted octanol–water partition coefficient (Wildman–Crippen LogP) is 7.73. The highest BCUT2D eigenvalue weighted by Crippen LogP contribution is 2.70. The number of hydrogen-bond acceptors (Lipinski definition) is 21. The van der Waals surface area contributed by atoms with Crippen molar-refractivity contribution in [3.05, 3.63) is 130 Å². The highest BCUT2D eigenvalue weighted by molar-refractivity contribution is 6.18. The first-order valence-corrected chi connectivity index (χ1v) is 39.9. The lowest BCUT2D eigenvalue weighted by Crippen LogP contribution is -2.81. The Morgan fingerprint density at radius 3 is 2.18 bits per heavy atom. The Labute approximate surface area is 655 Å². The molecule has 4 saturated carbocycles. The minimum absolute atomic E-state index is 0.0206. The number of ether oxygens (including phenoxy) is 4. The van der Waals surface area contributed by atoms with E-state index in [0.29, 0.717) is 124 Å². The molecule has 2 amide bonds. The molecule has 8 N–H and O–H groups in total. The van der Waals surface area contributed by atoms with Crippen LogP contribution in [0.2, 0.25) is 0 Å². The summed E-state index contributed by atoms with van der Waals surface area (Å²) in [5.41, 5.74) is 2.49. The number of carbonyl (C=O) groups excluding carboxylic acids is 8. The number of aromatic nitrogens is 1. The number of benzene rings is 3. The maximum absolute atomic E-state index is 15.2. The fourth-order valence-corrected chi connectivity index (χ4v) is 22.3. The lowest BCUT2D eigenvalue weighted by atomic mass is 9.46. The number of hydrazine groups is 1. The molecule has 26 heteroatoms. The molecule has 3 aromatic carbocycles. The molecule has 6 fully saturated rings. The number of ketones is 3. The monoisotopic (exact) mass is 1560 g/mol. The summed E-state index contributed by atoms with van der Waals surface area (Å²) in [6.45, 7) is 17.8. The molecule has 5 aliphatic heterocycles. The van der Waals surface area contributed by atoms with Crippen LogP contribution in [0, 0.1) is 39.9 Å². The molecule has 14 rings (SSSR count). The quantitative estimate of drug-likeness (QED) is 0.0111. The maximum Gasteiger partial charge on any atom is 0.344 e. The van der Waals surface area contributed by atoms with E-state index in [2.05, 4.69) is 35.9 Å². The number of methoxy groups -OCH3 is 3. The van der Waals surface area contributed by atoms with Crippen molar-refractivity contribution >= 4 is 87.4 Å². The fourth-order valence-electron chi connectivity index (χ4n) is 21.8. The molecule has 2 bridgehead atoms. The topological polar surface area (TPSA) is 319 Å². The summed E-state index contributed by atoms with van der Waals surface area (Å²) < 4.78 is 23.9. The fraction of sp³-hybridized carbons (Fsp3) is 0.595. The van der Waals surface area contributed by atoms with Gasteiger partial charge < -0.3 is 59.5 Å². The van der Waals surface area contributed by atoms with Gasteiger partial charge in [0.2, 0.25) is 12.0 Å².